The lowest BCUT2D eigenvalue weighted by Crippen LogP contribution is -2.34. The molecule has 0 spiro atoms. The number of anilines is 1. The van der Waals surface area contributed by atoms with E-state index in [0.29, 0.717) is 23.8 Å². The van der Waals surface area contributed by atoms with Crippen molar-refractivity contribution in [3.8, 4) is 0 Å². The third-order valence-electron chi connectivity index (χ3n) is 3.64. The zero-order chi connectivity index (χ0) is 17.5. The predicted octanol–water partition coefficient (Wildman–Crippen LogP) is 1.27. The molecule has 0 aliphatic carbocycles. The Morgan fingerprint density at radius 1 is 1.25 bits per heavy atom. The molecule has 0 radical (unpaired) electrons. The number of halogens is 1. The second kappa shape index (κ2) is 8.65. The van der Waals surface area contributed by atoms with E-state index in [1.807, 2.05) is 6.92 Å². The van der Waals surface area contributed by atoms with Crippen molar-refractivity contribution < 1.29 is 14.4 Å². The maximum atomic E-state index is 12.4. The van der Waals surface area contributed by atoms with Gasteiger partial charge in [-0.2, -0.15) is 0 Å². The van der Waals surface area contributed by atoms with Gasteiger partial charge in [0.25, 0.3) is 5.91 Å². The molecule has 0 aromatic heterocycles. The Labute approximate surface area is 145 Å². The second-order valence-corrected chi connectivity index (χ2v) is 5.83. The highest BCUT2D eigenvalue weighted by molar-refractivity contribution is 6.30. The number of benzene rings is 1. The number of likely N-dealkylation sites (N-methyl/N-ethyl adjacent to an activating group) is 1. The summed E-state index contributed by atoms with van der Waals surface area (Å²) in [5.41, 5.74) is 0.458. The van der Waals surface area contributed by atoms with Crippen LogP contribution >= 0.6 is 11.6 Å². The van der Waals surface area contributed by atoms with Crippen LogP contribution in [0.25, 0.3) is 0 Å². The van der Waals surface area contributed by atoms with Crippen LogP contribution in [0, 0.1) is 0 Å². The van der Waals surface area contributed by atoms with E-state index in [2.05, 4.69) is 16.0 Å². The van der Waals surface area contributed by atoms with Gasteiger partial charge in [-0.05, 0) is 37.2 Å². The van der Waals surface area contributed by atoms with Gasteiger partial charge in [-0.25, -0.2) is 9.69 Å². The quantitative estimate of drug-likeness (QED) is 0.485. The molecule has 3 N–H and O–H groups in total. The fourth-order valence-electron chi connectivity index (χ4n) is 2.39. The summed E-state index contributed by atoms with van der Waals surface area (Å²) in [5.74, 6) is -0.498. The Morgan fingerprint density at radius 2 is 1.96 bits per heavy atom. The summed E-state index contributed by atoms with van der Waals surface area (Å²) in [5, 5.41) is 9.00. The first kappa shape index (κ1) is 18.2. The van der Waals surface area contributed by atoms with Crippen molar-refractivity contribution in [2.75, 3.05) is 24.5 Å². The van der Waals surface area contributed by atoms with Gasteiger partial charge < -0.3 is 16.0 Å². The minimum absolute atomic E-state index is 0.139. The van der Waals surface area contributed by atoms with E-state index in [1.165, 1.54) is 0 Å². The number of carbonyl (C=O) groups excluding carboxylic acids is 3. The molecule has 1 aliphatic heterocycles. The Bertz CT molecular complexity index is 606. The van der Waals surface area contributed by atoms with Crippen LogP contribution in [-0.2, 0) is 9.59 Å². The lowest BCUT2D eigenvalue weighted by atomic mass is 10.1. The van der Waals surface area contributed by atoms with Gasteiger partial charge in [0.1, 0.15) is 6.04 Å². The molecule has 1 heterocycles. The topological polar surface area (TPSA) is 90.5 Å². The lowest BCUT2D eigenvalue weighted by molar-refractivity contribution is -0.121. The van der Waals surface area contributed by atoms with Gasteiger partial charge in [-0.3, -0.25) is 9.59 Å². The van der Waals surface area contributed by atoms with Gasteiger partial charge in [-0.1, -0.05) is 18.5 Å². The fourth-order valence-corrected chi connectivity index (χ4v) is 2.52. The monoisotopic (exact) mass is 352 g/mol. The summed E-state index contributed by atoms with van der Waals surface area (Å²) >= 11 is 5.81. The first-order valence-electron chi connectivity index (χ1n) is 7.90. The Kier molecular flexibility index (Phi) is 6.57. The maximum Gasteiger partial charge on any atom is 0.329 e. The summed E-state index contributed by atoms with van der Waals surface area (Å²) < 4.78 is 0. The van der Waals surface area contributed by atoms with Crippen molar-refractivity contribution in [3.05, 3.63) is 29.3 Å². The second-order valence-electron chi connectivity index (χ2n) is 5.39. The highest BCUT2D eigenvalue weighted by Crippen LogP contribution is 2.22. The molecule has 1 saturated heterocycles. The van der Waals surface area contributed by atoms with E-state index in [1.54, 1.807) is 24.3 Å². The SMILES string of the molecule is CCNCCNC(=O)CCC1NC(=O)N(c2ccc(Cl)cc2)C1=O. The summed E-state index contributed by atoms with van der Waals surface area (Å²) in [6, 6.07) is 5.27. The van der Waals surface area contributed by atoms with Gasteiger partial charge in [-0.15, -0.1) is 0 Å². The van der Waals surface area contributed by atoms with Crippen LogP contribution < -0.4 is 20.9 Å². The summed E-state index contributed by atoms with van der Waals surface area (Å²) in [6.07, 6.45) is 0.443. The number of amides is 4. The number of imide groups is 1. The molecule has 130 valence electrons. The van der Waals surface area contributed by atoms with Crippen LogP contribution in [0.15, 0.2) is 24.3 Å². The predicted molar refractivity (Wildman–Crippen MR) is 92.0 cm³/mol. The average Bonchev–Trinajstić information content (AvgIpc) is 2.85. The Hall–Kier alpha value is -2.12. The third kappa shape index (κ3) is 4.69. The lowest BCUT2D eigenvalue weighted by Gasteiger charge is -2.13. The number of urea groups is 1. The van der Waals surface area contributed by atoms with Crippen LogP contribution in [0.1, 0.15) is 19.8 Å². The van der Waals surface area contributed by atoms with E-state index in [0.717, 1.165) is 11.4 Å². The molecule has 8 heteroatoms. The van der Waals surface area contributed by atoms with Crippen molar-refractivity contribution >= 4 is 35.1 Å². The van der Waals surface area contributed by atoms with Crippen LogP contribution in [0.5, 0.6) is 0 Å². The van der Waals surface area contributed by atoms with Gasteiger partial charge in [0.2, 0.25) is 5.91 Å². The first-order chi connectivity index (χ1) is 11.5. The van der Waals surface area contributed by atoms with Crippen LogP contribution in [0.4, 0.5) is 10.5 Å². The number of hydrogen-bond donors (Lipinski definition) is 3. The van der Waals surface area contributed by atoms with Crippen molar-refractivity contribution in [3.63, 3.8) is 0 Å². The molecule has 1 aromatic carbocycles. The number of carbonyl (C=O) groups is 3. The molecule has 1 unspecified atom stereocenters. The molecule has 1 atom stereocenters. The number of nitrogens with one attached hydrogen (secondary N) is 3. The molecule has 0 saturated carbocycles. The van der Waals surface area contributed by atoms with Crippen LogP contribution in [0.2, 0.25) is 5.02 Å². The molecule has 1 fully saturated rings. The standard InChI is InChI=1S/C16H21ClN4O3/c1-2-18-9-10-19-14(22)8-7-13-15(23)21(16(24)20-13)12-5-3-11(17)4-6-12/h3-6,13,18H,2,7-10H2,1H3,(H,19,22)(H,20,24). The minimum atomic E-state index is -0.687. The van der Waals surface area contributed by atoms with Crippen molar-refractivity contribution in [1.29, 1.82) is 0 Å². The molecule has 4 amide bonds. The molecule has 0 bridgehead atoms. The first-order valence-corrected chi connectivity index (χ1v) is 8.28. The molecule has 7 nitrogen and oxygen atoms in total. The average molecular weight is 353 g/mol. The van der Waals surface area contributed by atoms with Gasteiger partial charge in [0.05, 0.1) is 5.69 Å². The van der Waals surface area contributed by atoms with Crippen LogP contribution in [0.3, 0.4) is 0 Å². The number of hydrogen-bond acceptors (Lipinski definition) is 4. The number of nitrogens with zero attached hydrogens (tertiary/aromatic N) is 1. The van der Waals surface area contributed by atoms with E-state index in [-0.39, 0.29) is 24.7 Å². The molecule has 1 aromatic rings. The third-order valence-corrected chi connectivity index (χ3v) is 3.89. The molecule has 24 heavy (non-hydrogen) atoms. The van der Waals surface area contributed by atoms with E-state index < -0.39 is 12.1 Å². The fraction of sp³-hybridized carbons (Fsp3) is 0.438. The van der Waals surface area contributed by atoms with Crippen molar-refractivity contribution in [1.82, 2.24) is 16.0 Å². The molecule has 1 aliphatic rings. The van der Waals surface area contributed by atoms with Gasteiger partial charge in [0, 0.05) is 24.5 Å². The molecular weight excluding hydrogens is 332 g/mol. The maximum absolute atomic E-state index is 12.4. The van der Waals surface area contributed by atoms with Crippen molar-refractivity contribution in [2.24, 2.45) is 0 Å². The van der Waals surface area contributed by atoms with Crippen molar-refractivity contribution in [2.45, 2.75) is 25.8 Å². The van der Waals surface area contributed by atoms with Gasteiger partial charge in [0.15, 0.2) is 0 Å². The normalized spacial score (nSPS) is 17.1. The zero-order valence-corrected chi connectivity index (χ0v) is 14.2. The summed E-state index contributed by atoms with van der Waals surface area (Å²) in [6.45, 7) is 4.07. The Balaban J connectivity index is 1.85. The number of rotatable bonds is 8. The molecule has 2 rings (SSSR count). The zero-order valence-electron chi connectivity index (χ0n) is 13.5. The summed E-state index contributed by atoms with van der Waals surface area (Å²) in [7, 11) is 0. The van der Waals surface area contributed by atoms with Crippen LogP contribution in [-0.4, -0.2) is 43.5 Å². The van der Waals surface area contributed by atoms with E-state index >= 15 is 0 Å². The van der Waals surface area contributed by atoms with Gasteiger partial charge >= 0.3 is 6.03 Å². The largest absolute Gasteiger partial charge is 0.355 e. The molecular formula is C16H21ClN4O3. The highest BCUT2D eigenvalue weighted by atomic mass is 35.5. The van der Waals surface area contributed by atoms with E-state index in [9.17, 15) is 14.4 Å². The smallest absolute Gasteiger partial charge is 0.329 e. The minimum Gasteiger partial charge on any atom is -0.355 e. The summed E-state index contributed by atoms with van der Waals surface area (Å²) in [4.78, 5) is 37.2. The van der Waals surface area contributed by atoms with E-state index in [4.69, 9.17) is 11.6 Å². The Morgan fingerprint density at radius 3 is 2.62 bits per heavy atom. The highest BCUT2D eigenvalue weighted by Gasteiger charge is 2.38.